The van der Waals surface area contributed by atoms with Crippen LogP contribution in [0.15, 0.2) is 86.6 Å². The number of carbonyl (C=O) groups is 2. The number of fused-ring (bicyclic) bond motifs is 2. The average molecular weight is 516 g/mol. The highest BCUT2D eigenvalue weighted by Crippen LogP contribution is 2.34. The Labute approximate surface area is 216 Å². The zero-order chi connectivity index (χ0) is 26.1. The van der Waals surface area contributed by atoms with Gasteiger partial charge in [0.25, 0.3) is 0 Å². The van der Waals surface area contributed by atoms with Crippen LogP contribution < -0.4 is 10.9 Å². The molecule has 2 aromatic heterocycles. The maximum Gasteiger partial charge on any atom is 0.340 e. The minimum absolute atomic E-state index is 0.0737. The van der Waals surface area contributed by atoms with E-state index >= 15 is 0 Å². The van der Waals surface area contributed by atoms with Crippen LogP contribution >= 0.6 is 11.6 Å². The number of nitrogens with one attached hydrogen (secondary N) is 1. The van der Waals surface area contributed by atoms with Gasteiger partial charge < -0.3 is 19.3 Å². The molecule has 8 heteroatoms. The fourth-order valence-corrected chi connectivity index (χ4v) is 4.54. The third-order valence-electron chi connectivity index (χ3n) is 6.39. The van der Waals surface area contributed by atoms with Gasteiger partial charge in [-0.2, -0.15) is 0 Å². The Bertz CT molecular complexity index is 1690. The number of aliphatic carboxylic acids is 1. The lowest BCUT2D eigenvalue weighted by atomic mass is 9.99. The molecule has 5 aromatic rings. The van der Waals surface area contributed by atoms with Crippen molar-refractivity contribution in [2.24, 2.45) is 0 Å². The first-order chi connectivity index (χ1) is 17.8. The smallest absolute Gasteiger partial charge is 0.340 e. The first-order valence-corrected chi connectivity index (χ1v) is 12.0. The number of halogens is 1. The van der Waals surface area contributed by atoms with Crippen molar-refractivity contribution >= 4 is 45.4 Å². The standard InChI is InChI=1S/C29H22ClNO6/c1-16-20-12-22-23(18-5-3-2-4-6-18)15-36-25(22)14-26(20)37-29(35)21(16)13-27(32)31-24(28(33)34)11-17-7-9-19(30)10-8-17/h2-10,12,14-15,24H,11,13H2,1H3,(H,31,32)(H,33,34). The van der Waals surface area contributed by atoms with Gasteiger partial charge in [0.2, 0.25) is 5.91 Å². The number of rotatable bonds is 7. The quantitative estimate of drug-likeness (QED) is 0.276. The van der Waals surface area contributed by atoms with E-state index in [9.17, 15) is 19.5 Å². The number of hydrogen-bond acceptors (Lipinski definition) is 5. The summed E-state index contributed by atoms with van der Waals surface area (Å²) >= 11 is 5.89. The van der Waals surface area contributed by atoms with Crippen molar-refractivity contribution in [2.75, 3.05) is 0 Å². The molecule has 3 aromatic carbocycles. The number of aryl methyl sites for hydroxylation is 1. The highest BCUT2D eigenvalue weighted by atomic mass is 35.5. The van der Waals surface area contributed by atoms with Gasteiger partial charge in [-0.05, 0) is 41.8 Å². The molecule has 0 aliphatic heterocycles. The van der Waals surface area contributed by atoms with Gasteiger partial charge in [0.15, 0.2) is 0 Å². The fourth-order valence-electron chi connectivity index (χ4n) is 4.42. The van der Waals surface area contributed by atoms with Crippen LogP contribution in [-0.4, -0.2) is 23.0 Å². The summed E-state index contributed by atoms with van der Waals surface area (Å²) in [7, 11) is 0. The van der Waals surface area contributed by atoms with E-state index in [0.717, 1.165) is 16.5 Å². The van der Waals surface area contributed by atoms with Gasteiger partial charge in [-0.1, -0.05) is 54.1 Å². The Morgan fingerprint density at radius 1 is 1.00 bits per heavy atom. The Hall–Kier alpha value is -4.36. The lowest BCUT2D eigenvalue weighted by molar-refractivity contribution is -0.141. The summed E-state index contributed by atoms with van der Waals surface area (Å²) < 4.78 is 11.3. The summed E-state index contributed by atoms with van der Waals surface area (Å²) in [5, 5.41) is 14.2. The monoisotopic (exact) mass is 515 g/mol. The van der Waals surface area contributed by atoms with Crippen molar-refractivity contribution in [3.63, 3.8) is 0 Å². The van der Waals surface area contributed by atoms with Crippen LogP contribution in [0.2, 0.25) is 5.02 Å². The highest BCUT2D eigenvalue weighted by Gasteiger charge is 2.23. The van der Waals surface area contributed by atoms with Gasteiger partial charge in [-0.3, -0.25) is 4.79 Å². The number of carboxylic acids is 1. The molecule has 1 amide bonds. The lowest BCUT2D eigenvalue weighted by Gasteiger charge is -2.15. The molecule has 0 fully saturated rings. The van der Waals surface area contributed by atoms with E-state index in [1.807, 2.05) is 36.4 Å². The molecule has 1 atom stereocenters. The molecule has 186 valence electrons. The molecule has 5 rings (SSSR count). The van der Waals surface area contributed by atoms with E-state index in [0.29, 0.717) is 32.7 Å². The van der Waals surface area contributed by atoms with Gasteiger partial charge >= 0.3 is 11.6 Å². The van der Waals surface area contributed by atoms with E-state index in [2.05, 4.69) is 5.32 Å². The summed E-state index contributed by atoms with van der Waals surface area (Å²) in [6.45, 7) is 1.75. The first kappa shape index (κ1) is 24.3. The van der Waals surface area contributed by atoms with Crippen LogP contribution in [-0.2, 0) is 22.4 Å². The van der Waals surface area contributed by atoms with Crippen molar-refractivity contribution in [2.45, 2.75) is 25.8 Å². The zero-order valence-electron chi connectivity index (χ0n) is 19.8. The second-order valence-corrected chi connectivity index (χ2v) is 9.26. The Balaban J connectivity index is 1.45. The molecule has 0 aliphatic rings. The van der Waals surface area contributed by atoms with E-state index in [1.54, 1.807) is 43.5 Å². The molecule has 0 spiro atoms. The molecule has 2 heterocycles. The number of furan rings is 1. The second-order valence-electron chi connectivity index (χ2n) is 8.82. The number of carbonyl (C=O) groups excluding carboxylic acids is 1. The van der Waals surface area contributed by atoms with E-state index < -0.39 is 23.5 Å². The number of amides is 1. The summed E-state index contributed by atoms with van der Waals surface area (Å²) in [4.78, 5) is 37.4. The van der Waals surface area contributed by atoms with Crippen LogP contribution in [0.1, 0.15) is 16.7 Å². The van der Waals surface area contributed by atoms with Crippen molar-refractivity contribution in [1.82, 2.24) is 5.32 Å². The van der Waals surface area contributed by atoms with Gasteiger partial charge in [-0.15, -0.1) is 0 Å². The molecular weight excluding hydrogens is 494 g/mol. The van der Waals surface area contributed by atoms with Crippen LogP contribution in [0, 0.1) is 6.92 Å². The predicted octanol–water partition coefficient (Wildman–Crippen LogP) is 5.52. The third-order valence-corrected chi connectivity index (χ3v) is 6.64. The predicted molar refractivity (Wildman–Crippen MR) is 141 cm³/mol. The van der Waals surface area contributed by atoms with Gasteiger partial charge in [0, 0.05) is 33.8 Å². The Kier molecular flexibility index (Phi) is 6.54. The van der Waals surface area contributed by atoms with Crippen LogP contribution in [0.25, 0.3) is 33.1 Å². The molecule has 0 bridgehead atoms. The summed E-state index contributed by atoms with van der Waals surface area (Å²) in [5.41, 5.74) is 3.61. The maximum absolute atomic E-state index is 12.8. The number of benzene rings is 3. The van der Waals surface area contributed by atoms with Crippen LogP contribution in [0.3, 0.4) is 0 Å². The SMILES string of the molecule is Cc1c(CC(=O)NC(Cc2ccc(Cl)cc2)C(=O)O)c(=O)oc2cc3occ(-c4ccccc4)c3cc12. The first-order valence-electron chi connectivity index (χ1n) is 11.6. The average Bonchev–Trinajstić information content (AvgIpc) is 3.30. The van der Waals surface area contributed by atoms with Gasteiger partial charge in [-0.25, -0.2) is 9.59 Å². The van der Waals surface area contributed by atoms with Crippen molar-refractivity contribution in [3.05, 3.63) is 105 Å². The Morgan fingerprint density at radius 3 is 2.43 bits per heavy atom. The van der Waals surface area contributed by atoms with Crippen LogP contribution in [0.4, 0.5) is 0 Å². The van der Waals surface area contributed by atoms with Crippen LogP contribution in [0.5, 0.6) is 0 Å². The molecule has 0 saturated heterocycles. The number of hydrogen-bond donors (Lipinski definition) is 2. The summed E-state index contributed by atoms with van der Waals surface area (Å²) in [5.74, 6) is -1.77. The zero-order valence-corrected chi connectivity index (χ0v) is 20.5. The molecule has 37 heavy (non-hydrogen) atoms. The largest absolute Gasteiger partial charge is 0.480 e. The molecule has 0 aliphatic carbocycles. The normalized spacial score (nSPS) is 12.1. The fraction of sp³-hybridized carbons (Fsp3) is 0.138. The molecule has 0 saturated carbocycles. The molecular formula is C29H22ClNO6. The van der Waals surface area contributed by atoms with Gasteiger partial charge in [0.1, 0.15) is 17.2 Å². The molecule has 1 unspecified atom stereocenters. The third kappa shape index (κ3) is 4.99. The molecule has 0 radical (unpaired) electrons. The Morgan fingerprint density at radius 2 is 1.73 bits per heavy atom. The van der Waals surface area contributed by atoms with E-state index in [4.69, 9.17) is 20.4 Å². The minimum Gasteiger partial charge on any atom is -0.480 e. The summed E-state index contributed by atoms with van der Waals surface area (Å²) in [6.07, 6.45) is 1.42. The molecule has 2 N–H and O–H groups in total. The topological polar surface area (TPSA) is 110 Å². The number of carboxylic acid groups (broad SMARTS) is 1. The molecule has 7 nitrogen and oxygen atoms in total. The van der Waals surface area contributed by atoms with Crippen molar-refractivity contribution < 1.29 is 23.5 Å². The van der Waals surface area contributed by atoms with Crippen molar-refractivity contribution in [3.8, 4) is 11.1 Å². The second kappa shape index (κ2) is 9.95. The van der Waals surface area contributed by atoms with Gasteiger partial charge in [0.05, 0.1) is 18.2 Å². The lowest BCUT2D eigenvalue weighted by Crippen LogP contribution is -2.43. The summed E-state index contributed by atoms with van der Waals surface area (Å²) in [6, 6.07) is 18.9. The van der Waals surface area contributed by atoms with E-state index in [1.165, 1.54) is 0 Å². The minimum atomic E-state index is -1.18. The highest BCUT2D eigenvalue weighted by molar-refractivity contribution is 6.30. The van der Waals surface area contributed by atoms with E-state index in [-0.39, 0.29) is 18.4 Å². The maximum atomic E-state index is 12.8. The van der Waals surface area contributed by atoms with Crippen molar-refractivity contribution in [1.29, 1.82) is 0 Å².